The molecule has 0 aromatic carbocycles. The lowest BCUT2D eigenvalue weighted by atomic mass is 10.4. The van der Waals surface area contributed by atoms with Crippen LogP contribution in [0.4, 0.5) is 0 Å². The lowest BCUT2D eigenvalue weighted by molar-refractivity contribution is -0.404. The Morgan fingerprint density at radius 1 is 1.57 bits per heavy atom. The number of nitro groups is 1. The van der Waals surface area contributed by atoms with Crippen molar-refractivity contribution in [2.24, 2.45) is 0 Å². The van der Waals surface area contributed by atoms with Crippen molar-refractivity contribution in [3.05, 3.63) is 38.5 Å². The molecule has 0 spiro atoms. The zero-order valence-electron chi connectivity index (χ0n) is 12.6. The van der Waals surface area contributed by atoms with Gasteiger partial charge in [-0.15, -0.1) is 11.3 Å². The van der Waals surface area contributed by atoms with Crippen LogP contribution in [0.2, 0.25) is 0 Å². The second-order valence-electron chi connectivity index (χ2n) is 4.69. The Balaban J connectivity index is 2.22. The van der Waals surface area contributed by atoms with Gasteiger partial charge in [-0.05, 0) is 26.6 Å². The van der Waals surface area contributed by atoms with Crippen LogP contribution in [0.3, 0.4) is 0 Å². The van der Waals surface area contributed by atoms with E-state index in [2.05, 4.69) is 15.5 Å². The molecular formula is C13H22N4O3S. The van der Waals surface area contributed by atoms with Crippen LogP contribution in [-0.2, 0) is 6.54 Å². The van der Waals surface area contributed by atoms with Crippen molar-refractivity contribution in [3.63, 3.8) is 0 Å². The number of hydrogen-bond acceptors (Lipinski definition) is 7. The Kier molecular flexibility index (Phi) is 7.55. The van der Waals surface area contributed by atoms with Gasteiger partial charge in [-0.1, -0.05) is 0 Å². The second-order valence-corrected chi connectivity index (χ2v) is 5.69. The van der Waals surface area contributed by atoms with Crippen molar-refractivity contribution in [2.75, 3.05) is 34.3 Å². The molecule has 0 bridgehead atoms. The first-order chi connectivity index (χ1) is 10.0. The summed E-state index contributed by atoms with van der Waals surface area (Å²) in [5.74, 6) is 1.27. The van der Waals surface area contributed by atoms with E-state index >= 15 is 0 Å². The SMILES string of the molecule is CNC(=C[N+](=O)[O-])NCCCOc1csc(CN(C)C)c1. The molecule has 0 aliphatic heterocycles. The fraction of sp³-hybridized carbons (Fsp3) is 0.538. The molecule has 0 saturated heterocycles. The first kappa shape index (κ1) is 17.3. The third-order valence-corrected chi connectivity index (χ3v) is 3.41. The molecule has 0 aliphatic rings. The first-order valence-corrected chi connectivity index (χ1v) is 7.51. The van der Waals surface area contributed by atoms with E-state index in [1.807, 2.05) is 25.5 Å². The molecule has 1 heterocycles. The molecule has 2 N–H and O–H groups in total. The van der Waals surface area contributed by atoms with Gasteiger partial charge in [0.25, 0.3) is 6.20 Å². The van der Waals surface area contributed by atoms with Crippen LogP contribution >= 0.6 is 11.3 Å². The van der Waals surface area contributed by atoms with Gasteiger partial charge >= 0.3 is 0 Å². The highest BCUT2D eigenvalue weighted by molar-refractivity contribution is 7.10. The fourth-order valence-electron chi connectivity index (χ4n) is 1.62. The second kappa shape index (κ2) is 9.19. The molecule has 0 unspecified atom stereocenters. The van der Waals surface area contributed by atoms with Gasteiger partial charge in [-0.25, -0.2) is 0 Å². The molecule has 1 rings (SSSR count). The number of rotatable bonds is 10. The lowest BCUT2D eigenvalue weighted by Gasteiger charge is -2.08. The highest BCUT2D eigenvalue weighted by atomic mass is 32.1. The Bertz CT molecular complexity index is 474. The molecule has 0 atom stereocenters. The molecule has 21 heavy (non-hydrogen) atoms. The lowest BCUT2D eigenvalue weighted by Crippen LogP contribution is -2.26. The third-order valence-electron chi connectivity index (χ3n) is 2.51. The maximum Gasteiger partial charge on any atom is 0.274 e. The van der Waals surface area contributed by atoms with E-state index in [1.54, 1.807) is 18.4 Å². The molecule has 8 heteroatoms. The fourth-order valence-corrected chi connectivity index (χ4v) is 2.54. The Morgan fingerprint density at radius 2 is 2.33 bits per heavy atom. The zero-order valence-corrected chi connectivity index (χ0v) is 13.4. The minimum Gasteiger partial charge on any atom is -0.493 e. The quantitative estimate of drug-likeness (QED) is 0.387. The monoisotopic (exact) mass is 314 g/mol. The van der Waals surface area contributed by atoms with Crippen LogP contribution in [0.25, 0.3) is 0 Å². The van der Waals surface area contributed by atoms with Crippen LogP contribution in [0.1, 0.15) is 11.3 Å². The van der Waals surface area contributed by atoms with E-state index in [9.17, 15) is 10.1 Å². The van der Waals surface area contributed by atoms with E-state index in [4.69, 9.17) is 4.74 Å². The summed E-state index contributed by atoms with van der Waals surface area (Å²) in [6, 6.07) is 2.05. The molecule has 0 aliphatic carbocycles. The van der Waals surface area contributed by atoms with Crippen LogP contribution in [0, 0.1) is 10.1 Å². The summed E-state index contributed by atoms with van der Waals surface area (Å²) in [6.45, 7) is 2.09. The van der Waals surface area contributed by atoms with E-state index in [-0.39, 0.29) is 0 Å². The number of nitrogens with zero attached hydrogens (tertiary/aromatic N) is 2. The third kappa shape index (κ3) is 7.52. The van der Waals surface area contributed by atoms with Crippen molar-refractivity contribution in [1.82, 2.24) is 15.5 Å². The van der Waals surface area contributed by atoms with Gasteiger partial charge in [0.1, 0.15) is 5.75 Å². The molecule has 118 valence electrons. The minimum absolute atomic E-state index is 0.392. The van der Waals surface area contributed by atoms with Crippen LogP contribution in [-0.4, -0.2) is 44.1 Å². The summed E-state index contributed by atoms with van der Waals surface area (Å²) in [5, 5.41) is 18.0. The Labute approximate surface area is 128 Å². The number of ether oxygens (including phenoxy) is 1. The van der Waals surface area contributed by atoms with Gasteiger partial charge in [0.15, 0.2) is 5.82 Å². The summed E-state index contributed by atoms with van der Waals surface area (Å²) in [4.78, 5) is 13.2. The van der Waals surface area contributed by atoms with Crippen LogP contribution in [0.5, 0.6) is 5.75 Å². The number of hydrogen-bond donors (Lipinski definition) is 2. The molecule has 1 aromatic rings. The van der Waals surface area contributed by atoms with E-state index in [1.165, 1.54) is 4.88 Å². The van der Waals surface area contributed by atoms with Crippen molar-refractivity contribution in [2.45, 2.75) is 13.0 Å². The van der Waals surface area contributed by atoms with Gasteiger partial charge in [-0.3, -0.25) is 10.1 Å². The summed E-state index contributed by atoms with van der Waals surface area (Å²) in [5.41, 5.74) is 0. The van der Waals surface area contributed by atoms with Gasteiger partial charge in [0, 0.05) is 30.4 Å². The predicted octanol–water partition coefficient (Wildman–Crippen LogP) is 1.46. The van der Waals surface area contributed by atoms with Gasteiger partial charge < -0.3 is 20.3 Å². The van der Waals surface area contributed by atoms with Gasteiger partial charge in [-0.2, -0.15) is 0 Å². The predicted molar refractivity (Wildman–Crippen MR) is 84.0 cm³/mol. The number of thiophene rings is 1. The minimum atomic E-state index is -0.493. The highest BCUT2D eigenvalue weighted by Gasteiger charge is 2.03. The highest BCUT2D eigenvalue weighted by Crippen LogP contribution is 2.22. The smallest absolute Gasteiger partial charge is 0.274 e. The van der Waals surface area contributed by atoms with Gasteiger partial charge in [0.05, 0.1) is 11.5 Å². The average Bonchev–Trinajstić information content (AvgIpc) is 2.83. The van der Waals surface area contributed by atoms with E-state index in [0.717, 1.165) is 24.9 Å². The summed E-state index contributed by atoms with van der Waals surface area (Å²) >= 11 is 1.68. The van der Waals surface area contributed by atoms with Crippen molar-refractivity contribution >= 4 is 11.3 Å². The van der Waals surface area contributed by atoms with Crippen molar-refractivity contribution in [3.8, 4) is 5.75 Å². The van der Waals surface area contributed by atoms with Crippen molar-refractivity contribution < 1.29 is 9.66 Å². The summed E-state index contributed by atoms with van der Waals surface area (Å²) in [6.07, 6.45) is 1.67. The maximum absolute atomic E-state index is 10.3. The topological polar surface area (TPSA) is 79.7 Å². The zero-order chi connectivity index (χ0) is 15.7. The van der Waals surface area contributed by atoms with Crippen LogP contribution < -0.4 is 15.4 Å². The molecule has 0 fully saturated rings. The first-order valence-electron chi connectivity index (χ1n) is 6.63. The van der Waals surface area contributed by atoms with Crippen molar-refractivity contribution in [1.29, 1.82) is 0 Å². The molecule has 0 amide bonds. The molecular weight excluding hydrogens is 292 g/mol. The summed E-state index contributed by atoms with van der Waals surface area (Å²) in [7, 11) is 5.70. The molecule has 0 saturated carbocycles. The standard InChI is InChI=1S/C13H22N4O3S/c1-14-13(9-17(18)19)15-5-4-6-20-11-7-12(21-10-11)8-16(2)3/h7,9-10,14-15H,4-6,8H2,1-3H3. The maximum atomic E-state index is 10.3. The van der Waals surface area contributed by atoms with Crippen LogP contribution in [0.15, 0.2) is 23.5 Å². The Morgan fingerprint density at radius 3 is 2.95 bits per heavy atom. The van der Waals surface area contributed by atoms with Gasteiger partial charge in [0.2, 0.25) is 0 Å². The normalized spacial score (nSPS) is 11.5. The van der Waals surface area contributed by atoms with E-state index in [0.29, 0.717) is 19.0 Å². The molecule has 0 radical (unpaired) electrons. The Hall–Kier alpha value is -1.80. The molecule has 7 nitrogen and oxygen atoms in total. The largest absolute Gasteiger partial charge is 0.493 e. The average molecular weight is 314 g/mol. The number of nitrogens with one attached hydrogen (secondary N) is 2. The molecule has 1 aromatic heterocycles. The van der Waals surface area contributed by atoms with E-state index < -0.39 is 4.92 Å². The summed E-state index contributed by atoms with van der Waals surface area (Å²) < 4.78 is 5.64.